The predicted molar refractivity (Wildman–Crippen MR) is 148 cm³/mol. The number of sulfonamides is 1. The highest BCUT2D eigenvalue weighted by atomic mass is 32.2. The summed E-state index contributed by atoms with van der Waals surface area (Å²) in [6.45, 7) is 9.18. The van der Waals surface area contributed by atoms with Crippen LogP contribution < -0.4 is 9.88 Å². The topological polar surface area (TPSA) is 119 Å². The molecule has 0 saturated carbocycles. The van der Waals surface area contributed by atoms with Crippen molar-refractivity contribution in [3.05, 3.63) is 65.7 Å². The molecule has 2 rings (SSSR count). The molecule has 10 heteroatoms. The van der Waals surface area contributed by atoms with E-state index in [0.717, 1.165) is 15.4 Å². The SMILES string of the molecule is COc1ccc(C(N(CCCc2ccccc2)C(=O)N(CCC(C)C)C(=O)OC(C)(C)C)S(N)(=O)=O)cc1. The molecule has 0 fully saturated rings. The number of ether oxygens (including phenoxy) is 2. The van der Waals surface area contributed by atoms with Gasteiger partial charge in [-0.05, 0) is 69.2 Å². The van der Waals surface area contributed by atoms with Gasteiger partial charge in [0, 0.05) is 13.1 Å². The highest BCUT2D eigenvalue weighted by Crippen LogP contribution is 2.29. The number of urea groups is 1. The number of hydrogen-bond donors (Lipinski definition) is 1. The average Bonchev–Trinajstić information content (AvgIpc) is 2.82. The number of imide groups is 1. The lowest BCUT2D eigenvalue weighted by Gasteiger charge is -2.35. The van der Waals surface area contributed by atoms with E-state index in [1.807, 2.05) is 44.2 Å². The molecular weight excluding hydrogens is 506 g/mol. The molecule has 0 radical (unpaired) electrons. The summed E-state index contributed by atoms with van der Waals surface area (Å²) in [6, 6.07) is 15.2. The van der Waals surface area contributed by atoms with Crippen LogP contribution >= 0.6 is 0 Å². The fraction of sp³-hybridized carbons (Fsp3) is 0.500. The minimum Gasteiger partial charge on any atom is -0.497 e. The third-order valence-corrected chi connectivity index (χ3v) is 6.87. The number of aryl methyl sites for hydroxylation is 1. The molecule has 0 aromatic heterocycles. The number of carbonyl (C=O) groups excluding carboxylic acids is 2. The second kappa shape index (κ2) is 13.6. The number of carbonyl (C=O) groups is 2. The van der Waals surface area contributed by atoms with Crippen LogP contribution in [-0.4, -0.2) is 56.1 Å². The fourth-order valence-corrected chi connectivity index (χ4v) is 4.94. The van der Waals surface area contributed by atoms with E-state index in [-0.39, 0.29) is 24.6 Å². The van der Waals surface area contributed by atoms with Gasteiger partial charge in [-0.25, -0.2) is 28.0 Å². The van der Waals surface area contributed by atoms with Gasteiger partial charge in [0.15, 0.2) is 5.37 Å². The van der Waals surface area contributed by atoms with Crippen LogP contribution in [0.25, 0.3) is 0 Å². The van der Waals surface area contributed by atoms with Crippen LogP contribution in [-0.2, 0) is 21.2 Å². The number of benzene rings is 2. The molecule has 210 valence electrons. The Morgan fingerprint density at radius 1 is 0.974 bits per heavy atom. The Morgan fingerprint density at radius 2 is 1.58 bits per heavy atom. The molecule has 0 spiro atoms. The van der Waals surface area contributed by atoms with Crippen molar-refractivity contribution in [2.45, 2.75) is 64.9 Å². The maximum Gasteiger partial charge on any atom is 0.418 e. The maximum absolute atomic E-state index is 14.0. The van der Waals surface area contributed by atoms with Gasteiger partial charge in [-0.2, -0.15) is 0 Å². The van der Waals surface area contributed by atoms with Gasteiger partial charge in [0.05, 0.1) is 7.11 Å². The summed E-state index contributed by atoms with van der Waals surface area (Å²) < 4.78 is 36.7. The summed E-state index contributed by atoms with van der Waals surface area (Å²) in [6.07, 6.45) is 0.734. The van der Waals surface area contributed by atoms with Gasteiger partial charge < -0.3 is 14.4 Å². The molecule has 1 atom stereocenters. The largest absolute Gasteiger partial charge is 0.497 e. The minimum atomic E-state index is -4.32. The number of amides is 3. The normalized spacial score (nSPS) is 12.6. The zero-order chi connectivity index (χ0) is 28.5. The van der Waals surface area contributed by atoms with Crippen molar-refractivity contribution >= 4 is 22.1 Å². The van der Waals surface area contributed by atoms with Crippen LogP contribution in [0.5, 0.6) is 5.75 Å². The number of methoxy groups -OCH3 is 1. The Bertz CT molecular complexity index is 1150. The van der Waals surface area contributed by atoms with E-state index in [0.29, 0.717) is 25.0 Å². The standard InChI is InChI=1S/C28H41N3O6S/c1-21(2)18-20-31(27(33)37-28(3,4)5)26(32)30(19-10-13-22-11-8-7-9-12-22)25(38(29,34)35)23-14-16-24(36-6)17-15-23/h7-9,11-12,14-17,21,25H,10,13,18-20H2,1-6H3,(H2,29,34,35). The quantitative estimate of drug-likeness (QED) is 0.407. The van der Waals surface area contributed by atoms with Crippen molar-refractivity contribution in [2.24, 2.45) is 11.1 Å². The van der Waals surface area contributed by atoms with Crippen LogP contribution in [0.2, 0.25) is 0 Å². The fourth-order valence-electron chi connectivity index (χ4n) is 3.85. The third-order valence-electron chi connectivity index (χ3n) is 5.72. The second-order valence-corrected chi connectivity index (χ2v) is 12.2. The first-order chi connectivity index (χ1) is 17.7. The number of nitrogens with two attached hydrogens (primary N) is 1. The zero-order valence-electron chi connectivity index (χ0n) is 23.2. The van der Waals surface area contributed by atoms with Gasteiger partial charge in [-0.15, -0.1) is 0 Å². The molecule has 2 aromatic rings. The first-order valence-corrected chi connectivity index (χ1v) is 14.3. The predicted octanol–water partition coefficient (Wildman–Crippen LogP) is 5.32. The summed E-state index contributed by atoms with van der Waals surface area (Å²) >= 11 is 0. The summed E-state index contributed by atoms with van der Waals surface area (Å²) in [5.74, 6) is 0.714. The van der Waals surface area contributed by atoms with Crippen LogP contribution in [0.15, 0.2) is 54.6 Å². The molecule has 1 unspecified atom stereocenters. The third kappa shape index (κ3) is 9.64. The molecule has 3 amide bonds. The van der Waals surface area contributed by atoms with E-state index in [9.17, 15) is 18.0 Å². The molecule has 0 saturated heterocycles. The minimum absolute atomic E-state index is 0.0435. The molecule has 0 aliphatic heterocycles. The van der Waals surface area contributed by atoms with Crippen LogP contribution in [0.4, 0.5) is 9.59 Å². The van der Waals surface area contributed by atoms with E-state index in [2.05, 4.69) is 0 Å². The highest BCUT2D eigenvalue weighted by Gasteiger charge is 2.39. The molecule has 0 heterocycles. The molecule has 0 aliphatic carbocycles. The number of primary sulfonamides is 1. The Morgan fingerprint density at radius 3 is 2.08 bits per heavy atom. The van der Waals surface area contributed by atoms with Crippen molar-refractivity contribution < 1.29 is 27.5 Å². The van der Waals surface area contributed by atoms with Crippen LogP contribution in [0.3, 0.4) is 0 Å². The Labute approximate surface area is 226 Å². The Kier molecular flexibility index (Phi) is 11.1. The van der Waals surface area contributed by atoms with E-state index in [1.54, 1.807) is 45.0 Å². The Hall–Kier alpha value is -3.11. The summed E-state index contributed by atoms with van der Waals surface area (Å²) in [5, 5.41) is 4.20. The van der Waals surface area contributed by atoms with Crippen molar-refractivity contribution in [3.8, 4) is 5.75 Å². The summed E-state index contributed by atoms with van der Waals surface area (Å²) in [7, 11) is -2.82. The van der Waals surface area contributed by atoms with Gasteiger partial charge in [0.1, 0.15) is 11.4 Å². The Balaban J connectivity index is 2.52. The van der Waals surface area contributed by atoms with Crippen LogP contribution in [0, 0.1) is 5.92 Å². The van der Waals surface area contributed by atoms with Crippen molar-refractivity contribution in [3.63, 3.8) is 0 Å². The molecule has 38 heavy (non-hydrogen) atoms. The average molecular weight is 548 g/mol. The van der Waals surface area contributed by atoms with Gasteiger partial charge in [0.25, 0.3) is 0 Å². The van der Waals surface area contributed by atoms with Gasteiger partial charge in [-0.1, -0.05) is 56.3 Å². The van der Waals surface area contributed by atoms with E-state index in [4.69, 9.17) is 14.6 Å². The maximum atomic E-state index is 14.0. The van der Waals surface area contributed by atoms with Gasteiger partial charge in [-0.3, -0.25) is 0 Å². The van der Waals surface area contributed by atoms with Crippen molar-refractivity contribution in [2.75, 3.05) is 20.2 Å². The van der Waals surface area contributed by atoms with E-state index in [1.165, 1.54) is 7.11 Å². The lowest BCUT2D eigenvalue weighted by molar-refractivity contribution is 0.0272. The van der Waals surface area contributed by atoms with E-state index < -0.39 is 33.1 Å². The van der Waals surface area contributed by atoms with Crippen molar-refractivity contribution in [1.82, 2.24) is 9.80 Å². The smallest absolute Gasteiger partial charge is 0.418 e. The first-order valence-electron chi connectivity index (χ1n) is 12.7. The van der Waals surface area contributed by atoms with Crippen LogP contribution in [0.1, 0.15) is 64.0 Å². The molecular formula is C28H41N3O6S. The lowest BCUT2D eigenvalue weighted by Crippen LogP contribution is -2.52. The molecule has 2 N–H and O–H groups in total. The number of nitrogens with zero attached hydrogens (tertiary/aromatic N) is 2. The first kappa shape index (κ1) is 31.1. The van der Waals surface area contributed by atoms with Crippen molar-refractivity contribution in [1.29, 1.82) is 0 Å². The number of rotatable bonds is 11. The highest BCUT2D eigenvalue weighted by molar-refractivity contribution is 7.89. The second-order valence-electron chi connectivity index (χ2n) is 10.6. The van der Waals surface area contributed by atoms with Gasteiger partial charge >= 0.3 is 12.1 Å². The molecule has 9 nitrogen and oxygen atoms in total. The monoisotopic (exact) mass is 547 g/mol. The lowest BCUT2D eigenvalue weighted by atomic mass is 10.1. The molecule has 0 aliphatic rings. The number of hydrogen-bond acceptors (Lipinski definition) is 6. The van der Waals surface area contributed by atoms with Gasteiger partial charge in [0.2, 0.25) is 10.0 Å². The summed E-state index contributed by atoms with van der Waals surface area (Å²) in [5.41, 5.74) is 0.482. The molecule has 2 aromatic carbocycles. The zero-order valence-corrected chi connectivity index (χ0v) is 24.0. The van der Waals surface area contributed by atoms with E-state index >= 15 is 0 Å². The molecule has 0 bridgehead atoms. The summed E-state index contributed by atoms with van der Waals surface area (Å²) in [4.78, 5) is 29.3.